The van der Waals surface area contributed by atoms with Crippen LogP contribution in [0.2, 0.25) is 0 Å². The van der Waals surface area contributed by atoms with Gasteiger partial charge in [0.2, 0.25) is 11.8 Å². The lowest BCUT2D eigenvalue weighted by atomic mass is 10.1. The first-order valence-corrected chi connectivity index (χ1v) is 7.08. The summed E-state index contributed by atoms with van der Waals surface area (Å²) in [7, 11) is 0. The van der Waals surface area contributed by atoms with Gasteiger partial charge in [-0.25, -0.2) is 0 Å². The zero-order valence-electron chi connectivity index (χ0n) is 12.2. The highest BCUT2D eigenvalue weighted by Crippen LogP contribution is 2.01. The first kappa shape index (κ1) is 16.9. The van der Waals surface area contributed by atoms with Crippen molar-refractivity contribution in [2.45, 2.75) is 78.3 Å². The van der Waals surface area contributed by atoms with Gasteiger partial charge in [0.1, 0.15) is 0 Å². The molecule has 0 fully saturated rings. The molecule has 0 radical (unpaired) electrons. The van der Waals surface area contributed by atoms with Crippen molar-refractivity contribution < 1.29 is 9.59 Å². The summed E-state index contributed by atoms with van der Waals surface area (Å²) in [5, 5.41) is 5.84. The van der Waals surface area contributed by atoms with Gasteiger partial charge in [-0.15, -0.1) is 0 Å². The fourth-order valence-corrected chi connectivity index (χ4v) is 1.47. The summed E-state index contributed by atoms with van der Waals surface area (Å²) in [5.74, 6) is 0.179. The fourth-order valence-electron chi connectivity index (χ4n) is 1.47. The first-order chi connectivity index (χ1) is 8.49. The van der Waals surface area contributed by atoms with Crippen molar-refractivity contribution in [3.05, 3.63) is 0 Å². The Morgan fingerprint density at radius 3 is 1.44 bits per heavy atom. The Labute approximate surface area is 111 Å². The largest absolute Gasteiger partial charge is 0.354 e. The Morgan fingerprint density at radius 1 is 0.833 bits per heavy atom. The molecule has 0 aliphatic carbocycles. The number of rotatable bonds is 9. The number of unbranched alkanes of at least 4 members (excludes halogenated alkanes) is 1. The van der Waals surface area contributed by atoms with Crippen molar-refractivity contribution >= 4 is 11.8 Å². The minimum absolute atomic E-state index is 0.0895. The number of carbonyl (C=O) groups is 2. The van der Waals surface area contributed by atoms with E-state index in [0.29, 0.717) is 12.8 Å². The molecule has 18 heavy (non-hydrogen) atoms. The summed E-state index contributed by atoms with van der Waals surface area (Å²) in [5.41, 5.74) is 0. The maximum atomic E-state index is 11.5. The van der Waals surface area contributed by atoms with Crippen LogP contribution in [0.4, 0.5) is 0 Å². The molecule has 0 aromatic carbocycles. The number of amides is 2. The quantitative estimate of drug-likeness (QED) is 0.622. The smallest absolute Gasteiger partial charge is 0.220 e. The van der Waals surface area contributed by atoms with E-state index in [2.05, 4.69) is 10.6 Å². The summed E-state index contributed by atoms with van der Waals surface area (Å²) in [6.45, 7) is 8.09. The summed E-state index contributed by atoms with van der Waals surface area (Å²) in [6.07, 6.45) is 4.47. The van der Waals surface area contributed by atoms with Gasteiger partial charge in [0.15, 0.2) is 0 Å². The third-order valence-electron chi connectivity index (χ3n) is 3.10. The highest BCUT2D eigenvalue weighted by molar-refractivity contribution is 5.77. The molecule has 0 rings (SSSR count). The third-order valence-corrected chi connectivity index (χ3v) is 3.10. The molecule has 0 saturated heterocycles. The van der Waals surface area contributed by atoms with Gasteiger partial charge in [-0.05, 0) is 39.5 Å². The lowest BCUT2D eigenvalue weighted by molar-refractivity contribution is -0.123. The van der Waals surface area contributed by atoms with Gasteiger partial charge in [-0.1, -0.05) is 13.8 Å². The van der Waals surface area contributed by atoms with Crippen LogP contribution < -0.4 is 10.6 Å². The van der Waals surface area contributed by atoms with Gasteiger partial charge < -0.3 is 10.6 Å². The van der Waals surface area contributed by atoms with Crippen LogP contribution in [0, 0.1) is 0 Å². The topological polar surface area (TPSA) is 58.2 Å². The second-order valence-electron chi connectivity index (χ2n) is 4.96. The number of carbonyl (C=O) groups excluding carboxylic acids is 2. The maximum Gasteiger partial charge on any atom is 0.220 e. The molecule has 0 aromatic rings. The summed E-state index contributed by atoms with van der Waals surface area (Å²) in [6, 6.07) is 0.484. The molecule has 106 valence electrons. The fraction of sp³-hybridized carbons (Fsp3) is 0.857. The van der Waals surface area contributed by atoms with E-state index in [0.717, 1.165) is 25.7 Å². The van der Waals surface area contributed by atoms with E-state index >= 15 is 0 Å². The number of nitrogens with one attached hydrogen (secondary N) is 2. The van der Waals surface area contributed by atoms with Crippen LogP contribution in [-0.4, -0.2) is 23.9 Å². The number of hydrogen-bond acceptors (Lipinski definition) is 2. The lowest BCUT2D eigenvalue weighted by Crippen LogP contribution is -2.32. The average molecular weight is 256 g/mol. The number of hydrogen-bond donors (Lipinski definition) is 2. The second-order valence-corrected chi connectivity index (χ2v) is 4.96. The molecule has 2 atom stereocenters. The standard InChI is InChI=1S/C14H28N2O2/c1-5-11(3)15-13(17)9-7-8-10-14(18)16-12(4)6-2/h11-12H,5-10H2,1-4H3,(H,15,17)(H,16,18). The van der Waals surface area contributed by atoms with Crippen LogP contribution in [0.15, 0.2) is 0 Å². The first-order valence-electron chi connectivity index (χ1n) is 7.08. The van der Waals surface area contributed by atoms with Gasteiger partial charge >= 0.3 is 0 Å². The molecule has 2 amide bonds. The van der Waals surface area contributed by atoms with E-state index in [1.165, 1.54) is 0 Å². The SMILES string of the molecule is CCC(C)NC(=O)CCCCC(=O)NC(C)CC. The Hall–Kier alpha value is -1.06. The van der Waals surface area contributed by atoms with E-state index in [-0.39, 0.29) is 23.9 Å². The van der Waals surface area contributed by atoms with Crippen LogP contribution in [-0.2, 0) is 9.59 Å². The Morgan fingerprint density at radius 2 is 1.17 bits per heavy atom. The van der Waals surface area contributed by atoms with Crippen LogP contribution >= 0.6 is 0 Å². The van der Waals surface area contributed by atoms with E-state index in [1.54, 1.807) is 0 Å². The van der Waals surface area contributed by atoms with E-state index in [1.807, 2.05) is 27.7 Å². The molecule has 0 bridgehead atoms. The molecule has 4 heteroatoms. The molecule has 2 unspecified atom stereocenters. The minimum atomic E-state index is 0.0895. The molecule has 0 aromatic heterocycles. The molecule has 4 nitrogen and oxygen atoms in total. The minimum Gasteiger partial charge on any atom is -0.354 e. The summed E-state index contributed by atoms with van der Waals surface area (Å²) >= 11 is 0. The second kappa shape index (κ2) is 9.92. The molecular weight excluding hydrogens is 228 g/mol. The predicted molar refractivity (Wildman–Crippen MR) is 74.3 cm³/mol. The molecular formula is C14H28N2O2. The van der Waals surface area contributed by atoms with Gasteiger partial charge in [0, 0.05) is 24.9 Å². The van der Waals surface area contributed by atoms with Crippen molar-refractivity contribution in [3.63, 3.8) is 0 Å². The molecule has 0 aliphatic rings. The van der Waals surface area contributed by atoms with Gasteiger partial charge in [-0.2, -0.15) is 0 Å². The van der Waals surface area contributed by atoms with Gasteiger partial charge in [-0.3, -0.25) is 9.59 Å². The normalized spacial score (nSPS) is 13.8. The van der Waals surface area contributed by atoms with Gasteiger partial charge in [0.05, 0.1) is 0 Å². The molecule has 0 heterocycles. The van der Waals surface area contributed by atoms with Crippen LogP contribution in [0.1, 0.15) is 66.2 Å². The van der Waals surface area contributed by atoms with Crippen LogP contribution in [0.3, 0.4) is 0 Å². The van der Waals surface area contributed by atoms with Crippen molar-refractivity contribution in [3.8, 4) is 0 Å². The Balaban J connectivity index is 3.55. The average Bonchev–Trinajstić information content (AvgIpc) is 2.34. The highest BCUT2D eigenvalue weighted by atomic mass is 16.2. The van der Waals surface area contributed by atoms with Crippen molar-refractivity contribution in [1.29, 1.82) is 0 Å². The van der Waals surface area contributed by atoms with Crippen LogP contribution in [0.5, 0.6) is 0 Å². The maximum absolute atomic E-state index is 11.5. The Bertz CT molecular complexity index is 228. The molecule has 0 aliphatic heterocycles. The predicted octanol–water partition coefficient (Wildman–Crippen LogP) is 2.38. The summed E-state index contributed by atoms with van der Waals surface area (Å²) < 4.78 is 0. The zero-order chi connectivity index (χ0) is 14.0. The van der Waals surface area contributed by atoms with E-state index in [9.17, 15) is 9.59 Å². The van der Waals surface area contributed by atoms with E-state index < -0.39 is 0 Å². The van der Waals surface area contributed by atoms with Gasteiger partial charge in [0.25, 0.3) is 0 Å². The van der Waals surface area contributed by atoms with Crippen molar-refractivity contribution in [2.75, 3.05) is 0 Å². The monoisotopic (exact) mass is 256 g/mol. The van der Waals surface area contributed by atoms with Crippen molar-refractivity contribution in [1.82, 2.24) is 10.6 Å². The third kappa shape index (κ3) is 9.02. The van der Waals surface area contributed by atoms with Crippen molar-refractivity contribution in [2.24, 2.45) is 0 Å². The zero-order valence-corrected chi connectivity index (χ0v) is 12.2. The lowest BCUT2D eigenvalue weighted by Gasteiger charge is -2.12. The van der Waals surface area contributed by atoms with E-state index in [4.69, 9.17) is 0 Å². The van der Waals surface area contributed by atoms with Crippen LogP contribution in [0.25, 0.3) is 0 Å². The molecule has 0 saturated carbocycles. The Kier molecular flexibility index (Phi) is 9.33. The molecule has 2 N–H and O–H groups in total. The molecule has 0 spiro atoms. The highest BCUT2D eigenvalue weighted by Gasteiger charge is 2.07. The summed E-state index contributed by atoms with van der Waals surface area (Å²) in [4.78, 5) is 22.9.